The van der Waals surface area contributed by atoms with Gasteiger partial charge in [-0.05, 0) is 12.8 Å². The van der Waals surface area contributed by atoms with Gasteiger partial charge in [-0.15, -0.1) is 0 Å². The van der Waals surface area contributed by atoms with Gasteiger partial charge in [-0.1, -0.05) is 104 Å². The molecule has 0 saturated heterocycles. The summed E-state index contributed by atoms with van der Waals surface area (Å²) >= 11 is 0. The standard InChI is InChI=1S/C23H46N2/c1-4-6-7-8-9-10-11-12-13-14-15-16-17-18-19-20-23-24-21-22(5-2)25(23)3/h22H,4-21H2,1-3H3/p+1. The zero-order valence-electron chi connectivity index (χ0n) is 17.8. The first-order chi connectivity index (χ1) is 12.3. The third-order valence-electron chi connectivity index (χ3n) is 6.00. The topological polar surface area (TPSA) is 15.0 Å². The number of unbranched alkanes of at least 4 members (excludes halogenated alkanes) is 14. The van der Waals surface area contributed by atoms with Gasteiger partial charge in [0.25, 0.3) is 0 Å². The van der Waals surface area contributed by atoms with Crippen LogP contribution < -0.4 is 5.32 Å². The van der Waals surface area contributed by atoms with Crippen LogP contribution in [-0.2, 0) is 0 Å². The number of amidine groups is 1. The fourth-order valence-corrected chi connectivity index (χ4v) is 4.06. The van der Waals surface area contributed by atoms with Crippen LogP contribution >= 0.6 is 0 Å². The summed E-state index contributed by atoms with van der Waals surface area (Å²) in [5, 5.41) is 3.60. The number of likely N-dealkylation sites (N-methyl/N-ethyl adjacent to an activating group) is 1. The van der Waals surface area contributed by atoms with Crippen molar-refractivity contribution in [3.05, 3.63) is 0 Å². The lowest BCUT2D eigenvalue weighted by Gasteiger charge is -2.04. The van der Waals surface area contributed by atoms with Crippen LogP contribution in [0.4, 0.5) is 0 Å². The monoisotopic (exact) mass is 351 g/mol. The smallest absolute Gasteiger partial charge is 0.244 e. The van der Waals surface area contributed by atoms with Crippen molar-refractivity contribution in [2.45, 2.75) is 129 Å². The average Bonchev–Trinajstić information content (AvgIpc) is 2.98. The Morgan fingerprint density at radius 3 is 1.56 bits per heavy atom. The second-order valence-corrected chi connectivity index (χ2v) is 8.20. The molecule has 0 aliphatic carbocycles. The van der Waals surface area contributed by atoms with Gasteiger partial charge < -0.3 is 0 Å². The first-order valence-electron chi connectivity index (χ1n) is 11.6. The molecule has 1 aliphatic rings. The van der Waals surface area contributed by atoms with Gasteiger partial charge in [-0.25, -0.2) is 0 Å². The minimum atomic E-state index is 0.728. The molecule has 0 radical (unpaired) electrons. The molecule has 1 N–H and O–H groups in total. The number of hydrogen-bond donors (Lipinski definition) is 1. The third-order valence-corrected chi connectivity index (χ3v) is 6.00. The molecule has 148 valence electrons. The van der Waals surface area contributed by atoms with E-state index in [4.69, 9.17) is 0 Å². The Morgan fingerprint density at radius 2 is 1.16 bits per heavy atom. The molecule has 0 aromatic carbocycles. The quantitative estimate of drug-likeness (QED) is 0.228. The zero-order valence-corrected chi connectivity index (χ0v) is 17.8. The van der Waals surface area contributed by atoms with E-state index in [0.717, 1.165) is 12.6 Å². The summed E-state index contributed by atoms with van der Waals surface area (Å²) < 4.78 is 2.48. The molecular formula is C23H47N2+. The highest BCUT2D eigenvalue weighted by atomic mass is 15.2. The maximum atomic E-state index is 3.60. The normalized spacial score (nSPS) is 17.3. The highest BCUT2D eigenvalue weighted by Crippen LogP contribution is 2.14. The van der Waals surface area contributed by atoms with Crippen LogP contribution in [-0.4, -0.2) is 30.0 Å². The SMILES string of the molecule is CCCCCCCCCCCCCCCCCC1=[N+](C)C(CC)CN1. The highest BCUT2D eigenvalue weighted by molar-refractivity contribution is 5.78. The van der Waals surface area contributed by atoms with Crippen LogP contribution in [0.2, 0.25) is 0 Å². The summed E-state index contributed by atoms with van der Waals surface area (Å²) in [4.78, 5) is 0. The molecule has 1 atom stereocenters. The van der Waals surface area contributed by atoms with E-state index < -0.39 is 0 Å². The van der Waals surface area contributed by atoms with E-state index in [1.807, 2.05) is 0 Å². The van der Waals surface area contributed by atoms with Crippen molar-refractivity contribution in [2.24, 2.45) is 0 Å². The Hall–Kier alpha value is -0.530. The van der Waals surface area contributed by atoms with Crippen LogP contribution in [0.15, 0.2) is 0 Å². The Kier molecular flexibility index (Phi) is 14.1. The van der Waals surface area contributed by atoms with Gasteiger partial charge in [0.15, 0.2) is 0 Å². The number of nitrogens with zero attached hydrogens (tertiary/aromatic N) is 1. The second-order valence-electron chi connectivity index (χ2n) is 8.20. The van der Waals surface area contributed by atoms with E-state index in [-0.39, 0.29) is 0 Å². The molecule has 0 bridgehead atoms. The van der Waals surface area contributed by atoms with Crippen molar-refractivity contribution in [1.82, 2.24) is 5.32 Å². The average molecular weight is 352 g/mol. The molecule has 1 rings (SSSR count). The Labute approximate surface area is 158 Å². The van der Waals surface area contributed by atoms with Crippen LogP contribution in [0, 0.1) is 0 Å². The molecule has 1 aliphatic heterocycles. The molecule has 0 amide bonds. The van der Waals surface area contributed by atoms with Gasteiger partial charge in [0.1, 0.15) is 12.6 Å². The summed E-state index contributed by atoms with van der Waals surface area (Å²) in [7, 11) is 2.26. The first kappa shape index (κ1) is 22.5. The van der Waals surface area contributed by atoms with E-state index in [9.17, 15) is 0 Å². The van der Waals surface area contributed by atoms with Crippen molar-refractivity contribution >= 4 is 5.84 Å². The van der Waals surface area contributed by atoms with Gasteiger partial charge in [-0.3, -0.25) is 9.89 Å². The van der Waals surface area contributed by atoms with Crippen molar-refractivity contribution in [3.8, 4) is 0 Å². The molecule has 0 spiro atoms. The summed E-state index contributed by atoms with van der Waals surface area (Å²) in [6.45, 7) is 5.74. The van der Waals surface area contributed by atoms with Gasteiger partial charge in [-0.2, -0.15) is 0 Å². The van der Waals surface area contributed by atoms with Crippen molar-refractivity contribution in [1.29, 1.82) is 0 Å². The minimum absolute atomic E-state index is 0.728. The molecule has 2 heteroatoms. The molecular weight excluding hydrogens is 304 g/mol. The van der Waals surface area contributed by atoms with Gasteiger partial charge in [0, 0.05) is 6.42 Å². The van der Waals surface area contributed by atoms with Crippen LogP contribution in [0.5, 0.6) is 0 Å². The van der Waals surface area contributed by atoms with E-state index in [1.165, 1.54) is 115 Å². The van der Waals surface area contributed by atoms with Gasteiger partial charge in [0.05, 0.1) is 7.05 Å². The maximum absolute atomic E-state index is 3.60. The molecule has 25 heavy (non-hydrogen) atoms. The van der Waals surface area contributed by atoms with E-state index in [2.05, 4.69) is 30.8 Å². The Bertz CT molecular complexity index is 335. The zero-order chi connectivity index (χ0) is 18.2. The maximum Gasteiger partial charge on any atom is 0.244 e. The highest BCUT2D eigenvalue weighted by Gasteiger charge is 2.26. The number of hydrogen-bond acceptors (Lipinski definition) is 1. The lowest BCUT2D eigenvalue weighted by Crippen LogP contribution is -2.21. The first-order valence-corrected chi connectivity index (χ1v) is 11.6. The summed E-state index contributed by atoms with van der Waals surface area (Å²) in [5.74, 6) is 1.49. The molecule has 2 nitrogen and oxygen atoms in total. The molecule has 1 unspecified atom stereocenters. The van der Waals surface area contributed by atoms with Crippen molar-refractivity contribution in [3.63, 3.8) is 0 Å². The molecule has 0 fully saturated rings. The molecule has 1 heterocycles. The fourth-order valence-electron chi connectivity index (χ4n) is 4.06. The summed E-state index contributed by atoms with van der Waals surface area (Å²) in [6, 6.07) is 0.728. The lowest BCUT2D eigenvalue weighted by molar-refractivity contribution is -0.528. The number of rotatable bonds is 17. The summed E-state index contributed by atoms with van der Waals surface area (Å²) in [6.07, 6.45) is 24.2. The largest absolute Gasteiger partial charge is 0.274 e. The summed E-state index contributed by atoms with van der Waals surface area (Å²) in [5.41, 5.74) is 0. The minimum Gasteiger partial charge on any atom is -0.274 e. The van der Waals surface area contributed by atoms with Gasteiger partial charge in [0.2, 0.25) is 5.84 Å². The van der Waals surface area contributed by atoms with E-state index in [0.29, 0.717) is 0 Å². The number of nitrogens with one attached hydrogen (secondary N) is 1. The van der Waals surface area contributed by atoms with E-state index >= 15 is 0 Å². The predicted molar refractivity (Wildman–Crippen MR) is 113 cm³/mol. The molecule has 0 saturated carbocycles. The van der Waals surface area contributed by atoms with Crippen molar-refractivity contribution in [2.75, 3.05) is 13.6 Å². The predicted octanol–water partition coefficient (Wildman–Crippen LogP) is 6.67. The van der Waals surface area contributed by atoms with Gasteiger partial charge >= 0.3 is 0 Å². The van der Waals surface area contributed by atoms with Crippen molar-refractivity contribution < 1.29 is 4.58 Å². The van der Waals surface area contributed by atoms with Crippen LogP contribution in [0.1, 0.15) is 123 Å². The Balaban J connectivity index is 1.79. The fraction of sp³-hybridized carbons (Fsp3) is 0.957. The lowest BCUT2D eigenvalue weighted by atomic mass is 10.0. The second kappa shape index (κ2) is 15.7. The molecule has 0 aromatic rings. The third kappa shape index (κ3) is 10.9. The molecule has 0 aromatic heterocycles. The van der Waals surface area contributed by atoms with E-state index in [1.54, 1.807) is 0 Å². The van der Waals surface area contributed by atoms with Crippen LogP contribution in [0.3, 0.4) is 0 Å². The Morgan fingerprint density at radius 1 is 0.720 bits per heavy atom. The van der Waals surface area contributed by atoms with Crippen LogP contribution in [0.25, 0.3) is 0 Å².